The lowest BCUT2D eigenvalue weighted by Crippen LogP contribution is -2.21. The molecule has 0 atom stereocenters. The zero-order valence-electron chi connectivity index (χ0n) is 13.5. The van der Waals surface area contributed by atoms with Crippen molar-refractivity contribution in [2.24, 2.45) is 0 Å². The van der Waals surface area contributed by atoms with Gasteiger partial charge in [0.15, 0.2) is 0 Å². The first-order chi connectivity index (χ1) is 12.3. The molecule has 0 saturated heterocycles. The van der Waals surface area contributed by atoms with E-state index < -0.39 is 12.1 Å². The number of aromatic nitrogens is 3. The number of rotatable bonds is 3. The third kappa shape index (κ3) is 4.82. The topological polar surface area (TPSA) is 88.1 Å². The molecule has 0 unspecified atom stereocenters. The number of carbonyl (C=O) groups is 1. The van der Waals surface area contributed by atoms with Crippen LogP contribution in [0, 0.1) is 0 Å². The first-order valence-corrected chi connectivity index (χ1v) is 7.22. The van der Waals surface area contributed by atoms with Crippen molar-refractivity contribution < 1.29 is 27.8 Å². The van der Waals surface area contributed by atoms with E-state index in [0.717, 1.165) is 28.3 Å². The maximum Gasteiger partial charge on any atom is 0.490 e. The number of halogens is 3. The maximum atomic E-state index is 10.6. The molecule has 1 aromatic carbocycles. The third-order valence-corrected chi connectivity index (χ3v) is 3.18. The number of methoxy groups -OCH3 is 1. The lowest BCUT2D eigenvalue weighted by molar-refractivity contribution is -0.192. The Kier molecular flexibility index (Phi) is 5.94. The van der Waals surface area contributed by atoms with E-state index in [1.54, 1.807) is 19.5 Å². The zero-order chi connectivity index (χ0) is 19.2. The second kappa shape index (κ2) is 8.15. The van der Waals surface area contributed by atoms with Crippen LogP contribution in [0.15, 0.2) is 54.9 Å². The average Bonchev–Trinajstić information content (AvgIpc) is 3.16. The first kappa shape index (κ1) is 19.0. The van der Waals surface area contributed by atoms with Gasteiger partial charge in [-0.15, -0.1) is 0 Å². The molecule has 0 amide bonds. The number of pyridine rings is 1. The number of nitrogens with one attached hydrogen (secondary N) is 1. The summed E-state index contributed by atoms with van der Waals surface area (Å²) in [5.74, 6) is -1.99. The average molecular weight is 365 g/mol. The van der Waals surface area contributed by atoms with Gasteiger partial charge in [0, 0.05) is 23.5 Å². The molecule has 0 bridgehead atoms. The third-order valence-electron chi connectivity index (χ3n) is 3.18. The summed E-state index contributed by atoms with van der Waals surface area (Å²) < 4.78 is 37.1. The van der Waals surface area contributed by atoms with Crippen molar-refractivity contribution in [1.82, 2.24) is 15.2 Å². The van der Waals surface area contributed by atoms with Crippen LogP contribution in [0.1, 0.15) is 0 Å². The number of ether oxygens (including phenoxy) is 1. The SMILES string of the molecule is COc1cccnc1-c1cccc(-c2ccn[nH]2)c1.O=C(O)C(F)(F)F. The van der Waals surface area contributed by atoms with Crippen LogP contribution < -0.4 is 4.74 Å². The summed E-state index contributed by atoms with van der Waals surface area (Å²) in [6.45, 7) is 0. The maximum absolute atomic E-state index is 10.6. The second-order valence-corrected chi connectivity index (χ2v) is 4.91. The Balaban J connectivity index is 0.000000298. The number of nitrogens with zero attached hydrogens (tertiary/aromatic N) is 2. The van der Waals surface area contributed by atoms with Crippen LogP contribution in [-0.2, 0) is 4.79 Å². The van der Waals surface area contributed by atoms with Crippen molar-refractivity contribution in [3.8, 4) is 28.3 Å². The summed E-state index contributed by atoms with van der Waals surface area (Å²) >= 11 is 0. The van der Waals surface area contributed by atoms with E-state index in [-0.39, 0.29) is 0 Å². The van der Waals surface area contributed by atoms with Gasteiger partial charge in [-0.1, -0.05) is 18.2 Å². The molecule has 2 N–H and O–H groups in total. The molecule has 136 valence electrons. The van der Waals surface area contributed by atoms with Crippen LogP contribution in [0.25, 0.3) is 22.5 Å². The number of H-pyrrole nitrogens is 1. The summed E-state index contributed by atoms with van der Waals surface area (Å²) in [5.41, 5.74) is 3.91. The molecule has 0 aliphatic heterocycles. The summed E-state index contributed by atoms with van der Waals surface area (Å²) in [6, 6.07) is 13.8. The highest BCUT2D eigenvalue weighted by atomic mass is 19.4. The number of hydrogen-bond acceptors (Lipinski definition) is 4. The number of alkyl halides is 3. The number of aromatic amines is 1. The Labute approximate surface area is 146 Å². The lowest BCUT2D eigenvalue weighted by Gasteiger charge is -2.08. The Bertz CT molecular complexity index is 865. The van der Waals surface area contributed by atoms with Gasteiger partial charge in [-0.2, -0.15) is 18.3 Å². The van der Waals surface area contributed by atoms with Gasteiger partial charge in [0.05, 0.1) is 12.8 Å². The summed E-state index contributed by atoms with van der Waals surface area (Å²) in [6.07, 6.45) is -1.58. The lowest BCUT2D eigenvalue weighted by atomic mass is 10.1. The van der Waals surface area contributed by atoms with Gasteiger partial charge in [0.2, 0.25) is 0 Å². The molecular formula is C17H14F3N3O3. The van der Waals surface area contributed by atoms with E-state index in [1.807, 2.05) is 36.4 Å². The van der Waals surface area contributed by atoms with Crippen molar-refractivity contribution in [2.75, 3.05) is 7.11 Å². The smallest absolute Gasteiger partial charge is 0.490 e. The molecule has 2 heterocycles. The number of carboxylic acid groups (broad SMARTS) is 1. The molecular weight excluding hydrogens is 351 g/mol. The fourth-order valence-corrected chi connectivity index (χ4v) is 2.02. The normalized spacial score (nSPS) is 10.6. The number of hydrogen-bond donors (Lipinski definition) is 2. The van der Waals surface area contributed by atoms with Crippen molar-refractivity contribution in [3.63, 3.8) is 0 Å². The van der Waals surface area contributed by atoms with Crippen molar-refractivity contribution in [2.45, 2.75) is 6.18 Å². The van der Waals surface area contributed by atoms with E-state index in [2.05, 4.69) is 21.2 Å². The first-order valence-electron chi connectivity index (χ1n) is 7.22. The van der Waals surface area contributed by atoms with Crippen LogP contribution in [0.4, 0.5) is 13.2 Å². The van der Waals surface area contributed by atoms with Gasteiger partial charge in [0.25, 0.3) is 0 Å². The van der Waals surface area contributed by atoms with Gasteiger partial charge >= 0.3 is 12.1 Å². The number of carboxylic acids is 1. The minimum absolute atomic E-state index is 0.768. The Hall–Kier alpha value is -3.36. The fraction of sp³-hybridized carbons (Fsp3) is 0.118. The van der Waals surface area contributed by atoms with Crippen LogP contribution in [0.3, 0.4) is 0 Å². The van der Waals surface area contributed by atoms with Gasteiger partial charge in [-0.25, -0.2) is 4.79 Å². The number of benzene rings is 1. The molecule has 6 nitrogen and oxygen atoms in total. The second-order valence-electron chi connectivity index (χ2n) is 4.91. The predicted octanol–water partition coefficient (Wildman–Crippen LogP) is 3.78. The van der Waals surface area contributed by atoms with Crippen molar-refractivity contribution in [1.29, 1.82) is 0 Å². The Morgan fingerprint density at radius 3 is 2.38 bits per heavy atom. The van der Waals surface area contributed by atoms with Gasteiger partial charge in [-0.05, 0) is 24.3 Å². The summed E-state index contributed by atoms with van der Waals surface area (Å²) in [4.78, 5) is 13.3. The minimum atomic E-state index is -5.08. The highest BCUT2D eigenvalue weighted by Gasteiger charge is 2.38. The molecule has 26 heavy (non-hydrogen) atoms. The van der Waals surface area contributed by atoms with E-state index >= 15 is 0 Å². The molecule has 9 heteroatoms. The quantitative estimate of drug-likeness (QED) is 0.737. The largest absolute Gasteiger partial charge is 0.494 e. The molecule has 0 spiro atoms. The molecule has 0 fully saturated rings. The predicted molar refractivity (Wildman–Crippen MR) is 87.5 cm³/mol. The van der Waals surface area contributed by atoms with Crippen LogP contribution in [0.2, 0.25) is 0 Å². The fourth-order valence-electron chi connectivity index (χ4n) is 2.02. The number of aliphatic carboxylic acids is 1. The highest BCUT2D eigenvalue weighted by Crippen LogP contribution is 2.29. The molecule has 3 aromatic rings. The monoisotopic (exact) mass is 365 g/mol. The minimum Gasteiger partial charge on any atom is -0.494 e. The highest BCUT2D eigenvalue weighted by molar-refractivity contribution is 5.73. The Morgan fingerprint density at radius 2 is 1.81 bits per heavy atom. The van der Waals surface area contributed by atoms with E-state index in [1.165, 1.54) is 0 Å². The van der Waals surface area contributed by atoms with Crippen LogP contribution in [0.5, 0.6) is 5.75 Å². The zero-order valence-corrected chi connectivity index (χ0v) is 13.5. The van der Waals surface area contributed by atoms with Crippen LogP contribution in [-0.4, -0.2) is 39.5 Å². The van der Waals surface area contributed by atoms with Crippen molar-refractivity contribution >= 4 is 5.97 Å². The van der Waals surface area contributed by atoms with Gasteiger partial charge in [0.1, 0.15) is 11.4 Å². The molecule has 0 radical (unpaired) electrons. The molecule has 3 rings (SSSR count). The molecule has 0 saturated carbocycles. The van der Waals surface area contributed by atoms with Gasteiger partial charge < -0.3 is 9.84 Å². The molecule has 0 aliphatic rings. The standard InChI is InChI=1S/C15H13N3O.C2HF3O2/c1-19-14-6-3-8-16-15(14)12-5-2-4-11(10-12)13-7-9-17-18-13;3-2(4,5)1(6)7/h2-10H,1H3,(H,17,18);(H,6,7). The van der Waals surface area contributed by atoms with Gasteiger partial charge in [-0.3, -0.25) is 10.1 Å². The van der Waals surface area contributed by atoms with E-state index in [4.69, 9.17) is 14.6 Å². The summed E-state index contributed by atoms with van der Waals surface area (Å²) in [5, 5.41) is 14.1. The molecule has 2 aromatic heterocycles. The van der Waals surface area contributed by atoms with Crippen LogP contribution >= 0.6 is 0 Å². The Morgan fingerprint density at radius 1 is 1.12 bits per heavy atom. The molecule has 0 aliphatic carbocycles. The van der Waals surface area contributed by atoms with E-state index in [9.17, 15) is 13.2 Å². The summed E-state index contributed by atoms with van der Waals surface area (Å²) in [7, 11) is 1.65. The van der Waals surface area contributed by atoms with E-state index in [0.29, 0.717) is 0 Å². The van der Waals surface area contributed by atoms with Crippen molar-refractivity contribution in [3.05, 3.63) is 54.9 Å².